The summed E-state index contributed by atoms with van der Waals surface area (Å²) in [6.45, 7) is 3.63. The van der Waals surface area contributed by atoms with E-state index in [0.717, 1.165) is 60.8 Å². The van der Waals surface area contributed by atoms with Crippen molar-refractivity contribution in [2.75, 3.05) is 45.2 Å². The lowest BCUT2D eigenvalue weighted by Crippen LogP contribution is -2.51. The van der Waals surface area contributed by atoms with Crippen molar-refractivity contribution in [2.45, 2.75) is 49.5 Å². The van der Waals surface area contributed by atoms with Crippen LogP contribution in [0.15, 0.2) is 84.2 Å². The van der Waals surface area contributed by atoms with Gasteiger partial charge in [0.15, 0.2) is 16.8 Å². The number of anilines is 1. The normalized spacial score (nSPS) is 19.7. The van der Waals surface area contributed by atoms with Crippen LogP contribution < -0.4 is 4.90 Å². The molecule has 1 amide bonds. The second kappa shape index (κ2) is 15.2. The number of thiazole rings is 1. The molecular weight excluding hydrogens is 645 g/mol. The number of hydrogen-bond donors (Lipinski definition) is 0. The second-order valence-corrected chi connectivity index (χ2v) is 13.4. The van der Waals surface area contributed by atoms with Crippen LogP contribution in [-0.2, 0) is 22.2 Å². The Labute approximate surface area is 287 Å². The first kappa shape index (κ1) is 35.8. The van der Waals surface area contributed by atoms with E-state index in [1.54, 1.807) is 17.4 Å². The van der Waals surface area contributed by atoms with Crippen LogP contribution in [0.4, 0.5) is 13.9 Å². The van der Waals surface area contributed by atoms with Crippen LogP contribution in [0.5, 0.6) is 0 Å². The van der Waals surface area contributed by atoms with E-state index in [9.17, 15) is 13.6 Å². The van der Waals surface area contributed by atoms with E-state index < -0.39 is 17.0 Å². The van der Waals surface area contributed by atoms with Crippen LogP contribution in [0.2, 0.25) is 0 Å². The van der Waals surface area contributed by atoms with Gasteiger partial charge in [-0.3, -0.25) is 4.79 Å². The number of nitrogens with zero attached hydrogens (tertiary/aromatic N) is 4. The van der Waals surface area contributed by atoms with Gasteiger partial charge in [-0.2, -0.15) is 0 Å². The Kier molecular flexibility index (Phi) is 11.9. The predicted molar refractivity (Wildman–Crippen MR) is 188 cm³/mol. The van der Waals surface area contributed by atoms with Crippen LogP contribution in [0.3, 0.4) is 0 Å². The maximum atomic E-state index is 14.6. The lowest BCUT2D eigenvalue weighted by molar-refractivity contribution is -0.136. The first-order valence-corrected chi connectivity index (χ1v) is 16.3. The Morgan fingerprint density at radius 1 is 0.870 bits per heavy atom. The summed E-state index contributed by atoms with van der Waals surface area (Å²) >= 11 is 1.69. The average molecular weight is 688 g/mol. The van der Waals surface area contributed by atoms with E-state index in [0.29, 0.717) is 25.9 Å². The molecule has 5 nitrogen and oxygen atoms in total. The number of halogens is 4. The molecule has 6 rings (SSSR count). The number of benzene rings is 3. The van der Waals surface area contributed by atoms with Gasteiger partial charge in [0, 0.05) is 49.8 Å². The second-order valence-electron chi connectivity index (χ2n) is 12.6. The number of hydrogen-bond acceptors (Lipinski definition) is 5. The molecule has 2 aliphatic heterocycles. The molecular formula is C36H42Cl2F2N4OS. The van der Waals surface area contributed by atoms with Crippen LogP contribution in [0, 0.1) is 11.6 Å². The first-order chi connectivity index (χ1) is 21.3. The lowest BCUT2D eigenvalue weighted by Gasteiger charge is -2.46. The predicted octanol–water partition coefficient (Wildman–Crippen LogP) is 7.86. The Hall–Kier alpha value is -3.04. The summed E-state index contributed by atoms with van der Waals surface area (Å²) in [5, 5.41) is 3.23. The molecule has 2 saturated heterocycles. The Bertz CT molecular complexity index is 1580. The van der Waals surface area contributed by atoms with Crippen molar-refractivity contribution in [3.05, 3.63) is 118 Å². The highest BCUT2D eigenvalue weighted by atomic mass is 35.5. The Morgan fingerprint density at radius 3 is 2.17 bits per heavy atom. The van der Waals surface area contributed by atoms with E-state index >= 15 is 0 Å². The smallest absolute Gasteiger partial charge is 0.222 e. The zero-order valence-electron chi connectivity index (χ0n) is 26.3. The molecule has 1 unspecified atom stereocenters. The minimum absolute atomic E-state index is 0. The molecule has 246 valence electrons. The topological polar surface area (TPSA) is 39.7 Å². The summed E-state index contributed by atoms with van der Waals surface area (Å²) in [4.78, 5) is 24.6. The fraction of sp³-hybridized carbons (Fsp3) is 0.389. The van der Waals surface area contributed by atoms with Gasteiger partial charge in [-0.05, 0) is 74.1 Å². The zero-order chi connectivity index (χ0) is 30.7. The maximum absolute atomic E-state index is 14.6. The fourth-order valence-electron chi connectivity index (χ4n) is 7.06. The number of rotatable bonds is 9. The minimum Gasteiger partial charge on any atom is -0.354 e. The standard InChI is InChI=1S/C36H40F2N4OS.2ClH/c1-40(2)34-39-32(25-44-34)36(28-11-7-4-8-12-28)18-21-41(22-19-36)20-17-35(29-13-14-30(37)31(38)23-29)16-15-33(43)42(26-35)24-27-9-5-3-6-10-27;;/h3-14,23,25H,15-22,24,26H2,1-2H3;2*1H. The Morgan fingerprint density at radius 2 is 1.54 bits per heavy atom. The van der Waals surface area contributed by atoms with Crippen molar-refractivity contribution < 1.29 is 13.6 Å². The van der Waals surface area contributed by atoms with E-state index in [1.807, 2.05) is 49.3 Å². The monoisotopic (exact) mass is 686 g/mol. The third-order valence-electron chi connectivity index (χ3n) is 9.72. The molecule has 2 aliphatic rings. The molecule has 0 saturated carbocycles. The van der Waals surface area contributed by atoms with Gasteiger partial charge in [0.2, 0.25) is 5.91 Å². The number of aromatic nitrogens is 1. The van der Waals surface area contributed by atoms with Gasteiger partial charge in [0.05, 0.1) is 5.69 Å². The van der Waals surface area contributed by atoms with Gasteiger partial charge in [-0.25, -0.2) is 13.8 Å². The number of likely N-dealkylation sites (tertiary alicyclic amines) is 2. The summed E-state index contributed by atoms with van der Waals surface area (Å²) in [6, 6.07) is 25.0. The fourth-order valence-corrected chi connectivity index (χ4v) is 7.92. The van der Waals surface area contributed by atoms with Crippen LogP contribution >= 0.6 is 36.2 Å². The molecule has 3 heterocycles. The van der Waals surface area contributed by atoms with Gasteiger partial charge in [-0.15, -0.1) is 36.2 Å². The van der Waals surface area contributed by atoms with Crippen molar-refractivity contribution in [1.82, 2.24) is 14.8 Å². The molecule has 0 N–H and O–H groups in total. The largest absolute Gasteiger partial charge is 0.354 e. The van der Waals surface area contributed by atoms with Gasteiger partial charge < -0.3 is 14.7 Å². The lowest BCUT2D eigenvalue weighted by atomic mass is 9.69. The van der Waals surface area contributed by atoms with E-state index in [2.05, 4.69) is 45.5 Å². The average Bonchev–Trinajstić information content (AvgIpc) is 3.56. The maximum Gasteiger partial charge on any atom is 0.222 e. The molecule has 10 heteroatoms. The summed E-state index contributed by atoms with van der Waals surface area (Å²) in [7, 11) is 4.06. The molecule has 4 aromatic rings. The molecule has 0 spiro atoms. The van der Waals surface area contributed by atoms with E-state index in [4.69, 9.17) is 4.98 Å². The molecule has 3 aromatic carbocycles. The molecule has 46 heavy (non-hydrogen) atoms. The van der Waals surface area contributed by atoms with Crippen LogP contribution in [0.25, 0.3) is 0 Å². The van der Waals surface area contributed by atoms with Gasteiger partial charge >= 0.3 is 0 Å². The third kappa shape index (κ3) is 7.41. The van der Waals surface area contributed by atoms with Crippen LogP contribution in [0.1, 0.15) is 54.5 Å². The highest BCUT2D eigenvalue weighted by Crippen LogP contribution is 2.44. The summed E-state index contributed by atoms with van der Waals surface area (Å²) in [5.41, 5.74) is 3.67. The minimum atomic E-state index is -0.843. The Balaban J connectivity index is 0.00000240. The number of carbonyl (C=O) groups excluding carboxylic acids is 1. The van der Waals surface area contributed by atoms with Gasteiger partial charge in [0.1, 0.15) is 0 Å². The highest BCUT2D eigenvalue weighted by Gasteiger charge is 2.43. The SMILES string of the molecule is CN(C)c1nc(C2(c3ccccc3)CCN(CCC3(c4ccc(F)c(F)c4)CCC(=O)N(Cc4ccccc4)C3)CC2)cs1.Cl.Cl. The molecule has 0 aliphatic carbocycles. The van der Waals surface area contributed by atoms with Crippen molar-refractivity contribution in [3.8, 4) is 0 Å². The van der Waals surface area contributed by atoms with Crippen molar-refractivity contribution in [1.29, 1.82) is 0 Å². The van der Waals surface area contributed by atoms with Crippen molar-refractivity contribution >= 4 is 47.2 Å². The van der Waals surface area contributed by atoms with Gasteiger partial charge in [0.25, 0.3) is 0 Å². The van der Waals surface area contributed by atoms with E-state index in [-0.39, 0.29) is 36.1 Å². The van der Waals surface area contributed by atoms with Crippen molar-refractivity contribution in [2.24, 2.45) is 0 Å². The van der Waals surface area contributed by atoms with Crippen LogP contribution in [-0.4, -0.2) is 61.0 Å². The number of piperidine rings is 2. The molecule has 2 fully saturated rings. The summed E-state index contributed by atoms with van der Waals surface area (Å²) in [5.74, 6) is -1.57. The van der Waals surface area contributed by atoms with Crippen molar-refractivity contribution in [3.63, 3.8) is 0 Å². The molecule has 0 radical (unpaired) electrons. The summed E-state index contributed by atoms with van der Waals surface area (Å²) < 4.78 is 28.6. The molecule has 0 bridgehead atoms. The molecule has 1 aromatic heterocycles. The first-order valence-electron chi connectivity index (χ1n) is 15.5. The number of amides is 1. The number of carbonyl (C=O) groups is 1. The zero-order valence-corrected chi connectivity index (χ0v) is 28.8. The highest BCUT2D eigenvalue weighted by molar-refractivity contribution is 7.13. The van der Waals surface area contributed by atoms with Gasteiger partial charge in [-0.1, -0.05) is 66.7 Å². The quantitative estimate of drug-likeness (QED) is 0.180. The van der Waals surface area contributed by atoms with E-state index in [1.165, 1.54) is 17.7 Å². The summed E-state index contributed by atoms with van der Waals surface area (Å²) in [6.07, 6.45) is 3.67. The third-order valence-corrected chi connectivity index (χ3v) is 10.7. The molecule has 1 atom stereocenters.